The lowest BCUT2D eigenvalue weighted by Crippen LogP contribution is -2.38. The van der Waals surface area contributed by atoms with Crippen LogP contribution in [0.15, 0.2) is 66.7 Å². The van der Waals surface area contributed by atoms with Gasteiger partial charge in [0.05, 0.1) is 7.11 Å². The van der Waals surface area contributed by atoms with Gasteiger partial charge in [0.25, 0.3) is 0 Å². The number of carbonyl (C=O) groups is 2. The van der Waals surface area contributed by atoms with E-state index in [1.54, 1.807) is 19.1 Å². The lowest BCUT2D eigenvalue weighted by molar-refractivity contribution is -0.163. The summed E-state index contributed by atoms with van der Waals surface area (Å²) in [6.07, 6.45) is 0.952. The van der Waals surface area contributed by atoms with Crippen LogP contribution in [-0.2, 0) is 26.8 Å². The third kappa shape index (κ3) is 7.68. The minimum atomic E-state index is -4.34. The Balaban J connectivity index is 1.84. The summed E-state index contributed by atoms with van der Waals surface area (Å²) < 4.78 is 77.3. The highest BCUT2D eigenvalue weighted by molar-refractivity contribution is 5.91. The molecule has 0 atom stereocenters. The summed E-state index contributed by atoms with van der Waals surface area (Å²) in [6, 6.07) is 15.8. The van der Waals surface area contributed by atoms with E-state index < -0.39 is 45.6 Å². The molecule has 3 aromatic carbocycles. The van der Waals surface area contributed by atoms with Gasteiger partial charge >= 0.3 is 17.8 Å². The zero-order valence-corrected chi connectivity index (χ0v) is 27.3. The average Bonchev–Trinajstić information content (AvgIpc) is 3.00. The summed E-state index contributed by atoms with van der Waals surface area (Å²) in [5.74, 6) is -11.6. The maximum absolute atomic E-state index is 15.4. The van der Waals surface area contributed by atoms with E-state index in [4.69, 9.17) is 14.2 Å². The van der Waals surface area contributed by atoms with Gasteiger partial charge in [-0.15, -0.1) is 0 Å². The summed E-state index contributed by atoms with van der Waals surface area (Å²) >= 11 is 0. The van der Waals surface area contributed by atoms with Gasteiger partial charge in [-0.3, -0.25) is 4.79 Å². The van der Waals surface area contributed by atoms with Gasteiger partial charge in [0.2, 0.25) is 5.78 Å². The molecule has 0 aliphatic carbocycles. The molecule has 0 saturated heterocycles. The average molecular weight is 631 g/mol. The third-order valence-electron chi connectivity index (χ3n) is 8.52. The summed E-state index contributed by atoms with van der Waals surface area (Å²) in [5, 5.41) is 0. The molecule has 0 radical (unpaired) electrons. The molecule has 9 heteroatoms. The van der Waals surface area contributed by atoms with Crippen molar-refractivity contribution in [3.8, 4) is 17.2 Å². The highest BCUT2D eigenvalue weighted by atomic mass is 19.3. The van der Waals surface area contributed by atoms with Gasteiger partial charge in [0, 0.05) is 22.0 Å². The largest absolute Gasteiger partial charge is 0.497 e. The van der Waals surface area contributed by atoms with E-state index in [2.05, 4.69) is 6.92 Å². The number of hydrogen-bond donors (Lipinski definition) is 0. The van der Waals surface area contributed by atoms with Crippen LogP contribution >= 0.6 is 0 Å². The molecule has 244 valence electrons. The Kier molecular flexibility index (Phi) is 10.2. The van der Waals surface area contributed by atoms with Gasteiger partial charge in [0.1, 0.15) is 22.8 Å². The molecular formula is C36H42F4O5. The van der Waals surface area contributed by atoms with Crippen LogP contribution < -0.4 is 14.2 Å². The van der Waals surface area contributed by atoms with Crippen molar-refractivity contribution in [3.63, 3.8) is 0 Å². The van der Waals surface area contributed by atoms with Crippen LogP contribution in [0.1, 0.15) is 90.5 Å². The van der Waals surface area contributed by atoms with Gasteiger partial charge in [-0.05, 0) is 80.3 Å². The Labute approximate surface area is 262 Å². The number of halogens is 4. The first-order valence-electron chi connectivity index (χ1n) is 14.8. The number of benzene rings is 3. The molecule has 3 aromatic rings. The lowest BCUT2D eigenvalue weighted by Gasteiger charge is -2.28. The first-order valence-corrected chi connectivity index (χ1v) is 14.8. The fourth-order valence-corrected chi connectivity index (χ4v) is 4.52. The Morgan fingerprint density at radius 2 is 1.09 bits per heavy atom. The highest BCUT2D eigenvalue weighted by Crippen LogP contribution is 2.42. The van der Waals surface area contributed by atoms with Crippen LogP contribution in [-0.4, -0.2) is 24.5 Å². The Bertz CT molecular complexity index is 1510. The summed E-state index contributed by atoms with van der Waals surface area (Å²) in [6.45, 7) is 14.3. The van der Waals surface area contributed by atoms with Crippen molar-refractivity contribution >= 4 is 11.8 Å². The standard InChI is InChI=1S/C36H42F4O5/c1-10-32(3,4)30(41)35(37,38)25-20-26(22-29(21-25)43-9)36(39,40)31(42)44-27-16-12-23(13-17-27)34(7,8)24-14-18-28(19-15-24)45-33(5,6)11-2/h12-22H,10-11H2,1-9H3. The monoisotopic (exact) mass is 630 g/mol. The van der Waals surface area contributed by atoms with Crippen LogP contribution in [0, 0.1) is 5.41 Å². The lowest BCUT2D eigenvalue weighted by atomic mass is 9.78. The van der Waals surface area contributed by atoms with Gasteiger partial charge in [-0.2, -0.15) is 17.6 Å². The van der Waals surface area contributed by atoms with Crippen LogP contribution in [0.4, 0.5) is 17.6 Å². The Morgan fingerprint density at radius 3 is 1.53 bits per heavy atom. The zero-order chi connectivity index (χ0) is 34.0. The molecular weight excluding hydrogens is 588 g/mol. The van der Waals surface area contributed by atoms with E-state index in [9.17, 15) is 9.59 Å². The Morgan fingerprint density at radius 1 is 0.622 bits per heavy atom. The summed E-state index contributed by atoms with van der Waals surface area (Å²) in [4.78, 5) is 25.4. The van der Waals surface area contributed by atoms with Crippen LogP contribution in [0.5, 0.6) is 17.2 Å². The molecule has 0 heterocycles. The van der Waals surface area contributed by atoms with E-state index >= 15 is 17.6 Å². The van der Waals surface area contributed by atoms with Crippen LogP contribution in [0.3, 0.4) is 0 Å². The van der Waals surface area contributed by atoms with E-state index in [1.807, 2.05) is 52.0 Å². The topological polar surface area (TPSA) is 61.8 Å². The molecule has 0 bridgehead atoms. The molecule has 0 saturated carbocycles. The van der Waals surface area contributed by atoms with Gasteiger partial charge < -0.3 is 14.2 Å². The molecule has 0 aliphatic rings. The van der Waals surface area contributed by atoms with Crippen molar-refractivity contribution in [3.05, 3.63) is 89.0 Å². The van der Waals surface area contributed by atoms with Crippen molar-refractivity contribution in [1.29, 1.82) is 0 Å². The predicted octanol–water partition coefficient (Wildman–Crippen LogP) is 9.38. The molecule has 0 aromatic heterocycles. The second-order valence-corrected chi connectivity index (χ2v) is 12.9. The minimum Gasteiger partial charge on any atom is -0.497 e. The number of ketones is 1. The number of hydrogen-bond acceptors (Lipinski definition) is 5. The maximum Gasteiger partial charge on any atom is 0.387 e. The van der Waals surface area contributed by atoms with Crippen molar-refractivity contribution in [2.24, 2.45) is 5.41 Å². The van der Waals surface area contributed by atoms with Crippen molar-refractivity contribution in [2.75, 3.05) is 7.11 Å². The number of Topliss-reactive ketones (excluding diaryl/α,β-unsaturated/α-hetero) is 1. The molecule has 45 heavy (non-hydrogen) atoms. The fourth-order valence-electron chi connectivity index (χ4n) is 4.52. The molecule has 5 nitrogen and oxygen atoms in total. The van der Waals surface area contributed by atoms with Crippen LogP contribution in [0.2, 0.25) is 0 Å². The number of methoxy groups -OCH3 is 1. The minimum absolute atomic E-state index is 0.107. The van der Waals surface area contributed by atoms with Crippen molar-refractivity contribution in [1.82, 2.24) is 0 Å². The number of alkyl halides is 4. The maximum atomic E-state index is 15.4. The van der Waals surface area contributed by atoms with Gasteiger partial charge in [0.15, 0.2) is 0 Å². The second-order valence-electron chi connectivity index (χ2n) is 12.9. The summed E-state index contributed by atoms with van der Waals surface area (Å²) in [7, 11) is 1.10. The van der Waals surface area contributed by atoms with E-state index in [0.29, 0.717) is 6.07 Å². The SMILES string of the molecule is CCC(C)(C)Oc1ccc(C(C)(C)c2ccc(OC(=O)C(F)(F)c3cc(OC)cc(C(F)(F)C(=O)C(C)(C)CC)c3)cc2)cc1. The van der Waals surface area contributed by atoms with Gasteiger partial charge in [-0.1, -0.05) is 65.8 Å². The van der Waals surface area contributed by atoms with Crippen molar-refractivity contribution in [2.45, 2.75) is 91.1 Å². The molecule has 0 unspecified atom stereocenters. The zero-order valence-electron chi connectivity index (χ0n) is 27.3. The number of carbonyl (C=O) groups excluding carboxylic acids is 2. The molecule has 0 spiro atoms. The fraction of sp³-hybridized carbons (Fsp3) is 0.444. The molecule has 3 rings (SSSR count). The smallest absolute Gasteiger partial charge is 0.387 e. The summed E-state index contributed by atoms with van der Waals surface area (Å²) in [5.41, 5.74) is -2.49. The van der Waals surface area contributed by atoms with E-state index in [1.165, 1.54) is 26.0 Å². The molecule has 0 N–H and O–H groups in total. The quantitative estimate of drug-likeness (QED) is 0.107. The van der Waals surface area contributed by atoms with Crippen molar-refractivity contribution < 1.29 is 41.4 Å². The first kappa shape index (κ1) is 35.6. The second kappa shape index (κ2) is 12.9. The van der Waals surface area contributed by atoms with Gasteiger partial charge in [-0.25, -0.2) is 4.79 Å². The number of rotatable bonds is 13. The molecule has 0 amide bonds. The molecule has 0 aliphatic heterocycles. The van der Waals surface area contributed by atoms with E-state index in [-0.39, 0.29) is 23.5 Å². The highest BCUT2D eigenvalue weighted by Gasteiger charge is 2.50. The third-order valence-corrected chi connectivity index (χ3v) is 8.52. The van der Waals surface area contributed by atoms with E-state index in [0.717, 1.165) is 42.5 Å². The predicted molar refractivity (Wildman–Crippen MR) is 166 cm³/mol. The van der Waals surface area contributed by atoms with Crippen LogP contribution in [0.25, 0.3) is 0 Å². The number of esters is 1. The molecule has 0 fully saturated rings. The Hall–Kier alpha value is -3.88. The normalized spacial score (nSPS) is 12.9. The number of ether oxygens (including phenoxy) is 3. The first-order chi connectivity index (χ1) is 20.7.